The molecule has 0 radical (unpaired) electrons. The van der Waals surface area contributed by atoms with Crippen LogP contribution in [0.2, 0.25) is 0 Å². The third-order valence-corrected chi connectivity index (χ3v) is 7.01. The van der Waals surface area contributed by atoms with E-state index in [2.05, 4.69) is 4.98 Å². The van der Waals surface area contributed by atoms with Gasteiger partial charge in [0, 0.05) is 44.4 Å². The van der Waals surface area contributed by atoms with Gasteiger partial charge in [-0.2, -0.15) is 0 Å². The zero-order valence-corrected chi connectivity index (χ0v) is 18.9. The van der Waals surface area contributed by atoms with E-state index in [0.717, 1.165) is 42.4 Å². The normalized spacial score (nSPS) is 21.4. The van der Waals surface area contributed by atoms with E-state index in [4.69, 9.17) is 0 Å². The number of rotatable bonds is 7. The standard InChI is InChI=1S/C26H31N3O3/c1-3-28(18-20-12-14-27-15-13-20)23(30)16-26(22-11-7-4-8-19(22)2)17-24(31)29(25(26)32)21-9-5-6-10-21/h4,7-8,11-15,21H,3,5-6,9-10,16-18H2,1-2H3. The van der Waals surface area contributed by atoms with Crippen LogP contribution < -0.4 is 0 Å². The summed E-state index contributed by atoms with van der Waals surface area (Å²) in [6, 6.07) is 11.4. The molecule has 32 heavy (non-hydrogen) atoms. The summed E-state index contributed by atoms with van der Waals surface area (Å²) in [5.74, 6) is -0.450. The molecule has 4 rings (SSSR count). The van der Waals surface area contributed by atoms with Crippen molar-refractivity contribution in [1.29, 1.82) is 0 Å². The third-order valence-electron chi connectivity index (χ3n) is 7.01. The SMILES string of the molecule is CCN(Cc1ccncc1)C(=O)CC1(c2ccccc2C)CC(=O)N(C2CCCC2)C1=O. The maximum atomic E-state index is 13.9. The van der Waals surface area contributed by atoms with Crippen LogP contribution in [0.1, 0.15) is 62.1 Å². The number of hydrogen-bond acceptors (Lipinski definition) is 4. The Balaban J connectivity index is 1.67. The molecule has 0 N–H and O–H groups in total. The van der Waals surface area contributed by atoms with Crippen LogP contribution in [0.25, 0.3) is 0 Å². The van der Waals surface area contributed by atoms with Gasteiger partial charge < -0.3 is 4.90 Å². The molecular formula is C26H31N3O3. The minimum atomic E-state index is -1.13. The van der Waals surface area contributed by atoms with Gasteiger partial charge >= 0.3 is 0 Å². The summed E-state index contributed by atoms with van der Waals surface area (Å²) in [6.45, 7) is 4.87. The summed E-state index contributed by atoms with van der Waals surface area (Å²) in [7, 11) is 0. The van der Waals surface area contributed by atoms with E-state index in [-0.39, 0.29) is 36.6 Å². The predicted molar refractivity (Wildman–Crippen MR) is 122 cm³/mol. The zero-order chi connectivity index (χ0) is 22.7. The third kappa shape index (κ3) is 4.06. The molecule has 6 heteroatoms. The van der Waals surface area contributed by atoms with Crippen molar-refractivity contribution in [3.8, 4) is 0 Å². The van der Waals surface area contributed by atoms with Crippen LogP contribution in [0.3, 0.4) is 0 Å². The smallest absolute Gasteiger partial charge is 0.241 e. The minimum Gasteiger partial charge on any atom is -0.339 e. The van der Waals surface area contributed by atoms with Crippen LogP contribution in [0.5, 0.6) is 0 Å². The van der Waals surface area contributed by atoms with Crippen LogP contribution in [0.4, 0.5) is 0 Å². The first-order valence-electron chi connectivity index (χ1n) is 11.6. The second-order valence-electron chi connectivity index (χ2n) is 9.02. The van der Waals surface area contributed by atoms with Gasteiger partial charge in [-0.05, 0) is 55.5 Å². The molecule has 3 amide bonds. The van der Waals surface area contributed by atoms with Crippen molar-refractivity contribution >= 4 is 17.7 Å². The summed E-state index contributed by atoms with van der Waals surface area (Å²) in [5.41, 5.74) is 1.59. The molecule has 2 fully saturated rings. The van der Waals surface area contributed by atoms with Gasteiger partial charge in [-0.25, -0.2) is 0 Å². The largest absolute Gasteiger partial charge is 0.339 e. The molecule has 2 aromatic rings. The van der Waals surface area contributed by atoms with Crippen molar-refractivity contribution in [1.82, 2.24) is 14.8 Å². The highest BCUT2D eigenvalue weighted by Crippen LogP contribution is 2.44. The van der Waals surface area contributed by atoms with E-state index in [1.54, 1.807) is 17.3 Å². The maximum Gasteiger partial charge on any atom is 0.241 e. The molecule has 1 aliphatic heterocycles. The van der Waals surface area contributed by atoms with Crippen LogP contribution in [0.15, 0.2) is 48.8 Å². The number of benzene rings is 1. The molecule has 2 aliphatic rings. The number of aryl methyl sites for hydroxylation is 1. The Kier molecular flexibility index (Phi) is 6.40. The molecule has 6 nitrogen and oxygen atoms in total. The van der Waals surface area contributed by atoms with Crippen molar-refractivity contribution in [2.45, 2.75) is 70.4 Å². The summed E-state index contributed by atoms with van der Waals surface area (Å²) >= 11 is 0. The number of nitrogens with zero attached hydrogens (tertiary/aromatic N) is 3. The lowest BCUT2D eigenvalue weighted by atomic mass is 9.73. The quantitative estimate of drug-likeness (QED) is 0.623. The van der Waals surface area contributed by atoms with Gasteiger partial charge in [0.1, 0.15) is 0 Å². The fraction of sp³-hybridized carbons (Fsp3) is 0.462. The molecule has 0 spiro atoms. The fourth-order valence-corrected chi connectivity index (χ4v) is 5.30. The molecule has 1 aromatic carbocycles. The van der Waals surface area contributed by atoms with Crippen molar-refractivity contribution in [2.24, 2.45) is 0 Å². The number of carbonyl (C=O) groups is 3. The summed E-state index contributed by atoms with van der Waals surface area (Å²) < 4.78 is 0. The number of pyridine rings is 1. The second kappa shape index (κ2) is 9.23. The summed E-state index contributed by atoms with van der Waals surface area (Å²) in [4.78, 5) is 47.9. The Bertz CT molecular complexity index is 1000. The Labute approximate surface area is 189 Å². The molecule has 0 bridgehead atoms. The number of hydrogen-bond donors (Lipinski definition) is 0. The number of likely N-dealkylation sites (tertiary alicyclic amines) is 1. The molecule has 1 atom stereocenters. The molecule has 2 heterocycles. The maximum absolute atomic E-state index is 13.9. The predicted octanol–water partition coefficient (Wildman–Crippen LogP) is 3.77. The topological polar surface area (TPSA) is 70.6 Å². The molecular weight excluding hydrogens is 402 g/mol. The van der Waals surface area contributed by atoms with Crippen LogP contribution in [0, 0.1) is 6.92 Å². The fourth-order valence-electron chi connectivity index (χ4n) is 5.30. The van der Waals surface area contributed by atoms with Crippen molar-refractivity contribution in [2.75, 3.05) is 6.54 Å². The average Bonchev–Trinajstić information content (AvgIpc) is 3.39. The van der Waals surface area contributed by atoms with Gasteiger partial charge in [0.25, 0.3) is 0 Å². The second-order valence-corrected chi connectivity index (χ2v) is 9.02. The van der Waals surface area contributed by atoms with E-state index in [1.807, 2.05) is 50.2 Å². The lowest BCUT2D eigenvalue weighted by molar-refractivity contribution is -0.144. The van der Waals surface area contributed by atoms with Crippen molar-refractivity contribution < 1.29 is 14.4 Å². The number of amides is 3. The molecule has 1 aliphatic carbocycles. The van der Waals surface area contributed by atoms with E-state index in [0.29, 0.717) is 13.1 Å². The Morgan fingerprint density at radius 3 is 2.47 bits per heavy atom. The number of aromatic nitrogens is 1. The number of carbonyl (C=O) groups excluding carboxylic acids is 3. The zero-order valence-electron chi connectivity index (χ0n) is 18.9. The Hall–Kier alpha value is -3.02. The Morgan fingerprint density at radius 2 is 1.81 bits per heavy atom. The first-order valence-corrected chi connectivity index (χ1v) is 11.6. The average molecular weight is 434 g/mol. The van der Waals surface area contributed by atoms with Crippen LogP contribution >= 0.6 is 0 Å². The van der Waals surface area contributed by atoms with Crippen LogP contribution in [-0.4, -0.2) is 45.1 Å². The van der Waals surface area contributed by atoms with Crippen molar-refractivity contribution in [3.05, 3.63) is 65.5 Å². The first-order chi connectivity index (χ1) is 15.5. The lowest BCUT2D eigenvalue weighted by Crippen LogP contribution is -2.46. The van der Waals surface area contributed by atoms with Gasteiger partial charge in [0.15, 0.2) is 0 Å². The first kappa shape index (κ1) is 22.2. The highest BCUT2D eigenvalue weighted by atomic mass is 16.2. The van der Waals surface area contributed by atoms with E-state index in [9.17, 15) is 14.4 Å². The summed E-state index contributed by atoms with van der Waals surface area (Å²) in [6.07, 6.45) is 7.27. The van der Waals surface area contributed by atoms with Gasteiger partial charge in [0.05, 0.1) is 5.41 Å². The molecule has 1 aromatic heterocycles. The summed E-state index contributed by atoms with van der Waals surface area (Å²) in [5, 5.41) is 0. The highest BCUT2D eigenvalue weighted by molar-refractivity contribution is 6.11. The highest BCUT2D eigenvalue weighted by Gasteiger charge is 2.56. The van der Waals surface area contributed by atoms with Gasteiger partial charge in [-0.15, -0.1) is 0 Å². The Morgan fingerprint density at radius 1 is 1.12 bits per heavy atom. The molecule has 168 valence electrons. The molecule has 1 saturated carbocycles. The number of imide groups is 1. The van der Waals surface area contributed by atoms with Gasteiger partial charge in [-0.3, -0.25) is 24.3 Å². The monoisotopic (exact) mass is 433 g/mol. The lowest BCUT2D eigenvalue weighted by Gasteiger charge is -2.32. The van der Waals surface area contributed by atoms with Gasteiger partial charge in [0.2, 0.25) is 17.7 Å². The minimum absolute atomic E-state index is 0.00453. The van der Waals surface area contributed by atoms with Crippen LogP contribution in [-0.2, 0) is 26.3 Å². The molecule has 1 saturated heterocycles. The van der Waals surface area contributed by atoms with E-state index < -0.39 is 5.41 Å². The van der Waals surface area contributed by atoms with E-state index >= 15 is 0 Å². The van der Waals surface area contributed by atoms with Crippen molar-refractivity contribution in [3.63, 3.8) is 0 Å². The van der Waals surface area contributed by atoms with Gasteiger partial charge in [-0.1, -0.05) is 37.1 Å². The molecule has 1 unspecified atom stereocenters. The van der Waals surface area contributed by atoms with E-state index in [1.165, 1.54) is 4.90 Å².